The second-order valence-corrected chi connectivity index (χ2v) is 17.7. The van der Waals surface area contributed by atoms with Crippen molar-refractivity contribution in [1.29, 1.82) is 10.5 Å². The summed E-state index contributed by atoms with van der Waals surface area (Å²) in [5, 5.41) is 66.3. The predicted molar refractivity (Wildman–Crippen MR) is 281 cm³/mol. The number of aliphatic hydroxyl groups excluding tert-OH is 2. The number of β-amino-alcohol motifs (C(OH)–C–C–N with tert-alkyl or cyclic N) is 2. The number of rotatable bonds is 18. The van der Waals surface area contributed by atoms with Gasteiger partial charge in [0.05, 0.1) is 36.5 Å². The average molecular weight is 1030 g/mol. The lowest BCUT2D eigenvalue weighted by atomic mass is 10.0. The highest BCUT2D eigenvalue weighted by atomic mass is 16.5. The van der Waals surface area contributed by atoms with Gasteiger partial charge in [0.25, 0.3) is 11.8 Å². The van der Waals surface area contributed by atoms with Crippen LogP contribution in [0.4, 0.5) is 0 Å². The summed E-state index contributed by atoms with van der Waals surface area (Å²) >= 11 is 0. The lowest BCUT2D eigenvalue weighted by Crippen LogP contribution is -2.45. The van der Waals surface area contributed by atoms with Crippen LogP contribution >= 0.6 is 0 Å². The van der Waals surface area contributed by atoms with Crippen molar-refractivity contribution in [3.05, 3.63) is 167 Å². The first-order chi connectivity index (χ1) is 36.9. The van der Waals surface area contributed by atoms with E-state index >= 15 is 0 Å². The van der Waals surface area contributed by atoms with E-state index in [1.54, 1.807) is 133 Å². The molecule has 2 aliphatic rings. The van der Waals surface area contributed by atoms with Gasteiger partial charge in [-0.25, -0.2) is 0 Å². The smallest absolute Gasteiger partial charge is 0.251 e. The molecule has 10 N–H and O–H groups in total. The number of ether oxygens (including phenoxy) is 4. The van der Waals surface area contributed by atoms with E-state index in [9.17, 15) is 9.59 Å². The molecule has 20 nitrogen and oxygen atoms in total. The first-order valence-corrected chi connectivity index (χ1v) is 24.4. The number of benzene rings is 6. The Labute approximate surface area is 439 Å². The average Bonchev–Trinajstić information content (AvgIpc) is 3.45. The van der Waals surface area contributed by atoms with Crippen molar-refractivity contribution < 1.29 is 49.2 Å². The fourth-order valence-corrected chi connectivity index (χ4v) is 8.31. The Balaban J connectivity index is 0.000000222. The quantitative estimate of drug-likeness (QED) is 0.0189. The van der Waals surface area contributed by atoms with Crippen LogP contribution in [0.2, 0.25) is 0 Å². The maximum Gasteiger partial charge on any atom is 0.251 e. The number of oxime groups is 2. The van der Waals surface area contributed by atoms with Gasteiger partial charge in [0.2, 0.25) is 0 Å². The van der Waals surface area contributed by atoms with Crippen molar-refractivity contribution >= 4 is 23.5 Å². The number of aliphatic hydroxyl groups is 2. The van der Waals surface area contributed by atoms with Crippen LogP contribution in [0.15, 0.2) is 144 Å². The van der Waals surface area contributed by atoms with Crippen molar-refractivity contribution in [2.45, 2.75) is 37.8 Å². The number of carbonyl (C=O) groups excluding carboxylic acids is 2. The molecule has 2 aliphatic heterocycles. The third-order valence-corrected chi connectivity index (χ3v) is 12.4. The number of nitrogens with zero attached hydrogens (tertiary/aromatic N) is 6. The van der Waals surface area contributed by atoms with Gasteiger partial charge < -0.3 is 71.5 Å². The predicted octanol–water partition coefficient (Wildman–Crippen LogP) is 6.85. The third kappa shape index (κ3) is 15.9. The number of nitrogens with one attached hydrogen (secondary N) is 2. The summed E-state index contributed by atoms with van der Waals surface area (Å²) in [7, 11) is 0. The van der Waals surface area contributed by atoms with Crippen molar-refractivity contribution in [3.63, 3.8) is 0 Å². The highest BCUT2D eigenvalue weighted by molar-refractivity contribution is 5.98. The molecular weight excluding hydrogens is 973 g/mol. The molecule has 76 heavy (non-hydrogen) atoms. The molecule has 0 saturated carbocycles. The standard InChI is InChI=1S/C28H32N6O6.C28H26N4O4/c29-26(32-37)18-1-5-22(6-2-18)39-24-15-20(28(36)31-21-9-11-34(12-10-21)13-14-35)16-25(17-24)40-23-7-3-19(4-8-23)27(30)33-38;29-18-20-1-5-24(6-2-20)35-26-15-22(28(34)31-23-9-11-32(12-10-23)13-14-33)16-27(17-26)36-25-7-3-21(19-30)4-8-25/h1-8,15-17,21,35,37-38H,9-14H2,(H2,29,32)(H2,30,33)(H,31,36);1-8,15-17,23,33H,9-14H2,(H,31,34). The number of nitrogens with two attached hydrogens (primary N) is 2. The van der Waals surface area contributed by atoms with Crippen LogP contribution < -0.4 is 41.0 Å². The minimum absolute atomic E-state index is 0.00812. The van der Waals surface area contributed by atoms with E-state index in [-0.39, 0.29) is 48.8 Å². The van der Waals surface area contributed by atoms with Gasteiger partial charge >= 0.3 is 0 Å². The molecular formula is C56H58N10O10. The van der Waals surface area contributed by atoms with Crippen LogP contribution in [0.5, 0.6) is 46.0 Å². The molecule has 392 valence electrons. The SMILES string of the molecule is N#Cc1ccc(Oc2cc(Oc3ccc(C#N)cc3)cc(C(=O)NC3CCN(CCO)CC3)c2)cc1.NC(=NO)c1ccc(Oc2cc(Oc3ccc(C(N)=NO)cc3)cc(C(=O)NC3CCN(CCO)CC3)c2)cc1. The minimum atomic E-state index is -0.263. The number of likely N-dealkylation sites (tertiary alicyclic amines) is 2. The monoisotopic (exact) mass is 1030 g/mol. The Hall–Kier alpha value is -9.18. The maximum atomic E-state index is 13.3. The van der Waals surface area contributed by atoms with E-state index in [1.807, 2.05) is 0 Å². The molecule has 20 heteroatoms. The summed E-state index contributed by atoms with van der Waals surface area (Å²) < 4.78 is 24.0. The number of carbonyl (C=O) groups is 2. The first kappa shape index (κ1) is 54.6. The molecule has 0 atom stereocenters. The largest absolute Gasteiger partial charge is 0.457 e. The van der Waals surface area contributed by atoms with E-state index in [4.69, 9.17) is 61.6 Å². The minimum Gasteiger partial charge on any atom is -0.457 e. The zero-order valence-electron chi connectivity index (χ0n) is 41.4. The molecule has 2 fully saturated rings. The summed E-state index contributed by atoms with van der Waals surface area (Å²) in [6.07, 6.45) is 3.18. The number of amides is 2. The fourth-order valence-electron chi connectivity index (χ4n) is 8.31. The highest BCUT2D eigenvalue weighted by Gasteiger charge is 2.24. The van der Waals surface area contributed by atoms with Crippen LogP contribution in [-0.4, -0.2) is 118 Å². The van der Waals surface area contributed by atoms with Crippen LogP contribution in [0.3, 0.4) is 0 Å². The van der Waals surface area contributed by atoms with Crippen molar-refractivity contribution in [1.82, 2.24) is 20.4 Å². The summed E-state index contributed by atoms with van der Waals surface area (Å²) in [4.78, 5) is 30.8. The van der Waals surface area contributed by atoms with E-state index in [0.717, 1.165) is 51.9 Å². The van der Waals surface area contributed by atoms with Crippen LogP contribution in [0.1, 0.15) is 68.7 Å². The van der Waals surface area contributed by atoms with E-state index in [1.165, 1.54) is 0 Å². The van der Waals surface area contributed by atoms with Crippen molar-refractivity contribution in [3.8, 4) is 58.1 Å². The lowest BCUT2D eigenvalue weighted by Gasteiger charge is -2.31. The number of hydrogen-bond acceptors (Lipinski definition) is 16. The molecule has 0 radical (unpaired) electrons. The number of piperidine rings is 2. The van der Waals surface area contributed by atoms with E-state index in [2.05, 4.69) is 42.9 Å². The Morgan fingerprint density at radius 3 is 1.04 bits per heavy atom. The third-order valence-electron chi connectivity index (χ3n) is 12.4. The van der Waals surface area contributed by atoms with Gasteiger partial charge in [-0.05, 0) is 147 Å². The van der Waals surface area contributed by atoms with Crippen LogP contribution in [0, 0.1) is 22.7 Å². The number of hydrogen-bond donors (Lipinski definition) is 8. The zero-order valence-corrected chi connectivity index (χ0v) is 41.4. The fraction of sp³-hybridized carbons (Fsp3) is 0.250. The van der Waals surface area contributed by atoms with Crippen LogP contribution in [-0.2, 0) is 0 Å². The van der Waals surface area contributed by atoms with Gasteiger partial charge in [-0.15, -0.1) is 0 Å². The molecule has 6 aromatic carbocycles. The molecule has 2 heterocycles. The lowest BCUT2D eigenvalue weighted by molar-refractivity contribution is 0.0895. The van der Waals surface area contributed by atoms with Gasteiger partial charge in [0.1, 0.15) is 46.0 Å². The molecule has 0 aromatic heterocycles. The van der Waals surface area contributed by atoms with Gasteiger partial charge in [-0.3, -0.25) is 9.59 Å². The van der Waals surface area contributed by atoms with E-state index in [0.29, 0.717) is 92.5 Å². The highest BCUT2D eigenvalue weighted by Crippen LogP contribution is 2.33. The second kappa shape index (κ2) is 27.2. The molecule has 0 aliphatic carbocycles. The first-order valence-electron chi connectivity index (χ1n) is 24.4. The zero-order chi connectivity index (χ0) is 53.8. The molecule has 6 aromatic rings. The topological polar surface area (TPSA) is 307 Å². The number of nitriles is 2. The Morgan fingerprint density at radius 2 is 0.776 bits per heavy atom. The Kier molecular flexibility index (Phi) is 19.5. The van der Waals surface area contributed by atoms with Gasteiger partial charge in [-0.2, -0.15) is 10.5 Å². The molecule has 0 unspecified atom stereocenters. The van der Waals surface area contributed by atoms with Gasteiger partial charge in [0.15, 0.2) is 11.7 Å². The normalized spacial score (nSPS) is 14.5. The number of amidine groups is 2. The molecule has 2 saturated heterocycles. The van der Waals surface area contributed by atoms with Crippen LogP contribution in [0.25, 0.3) is 0 Å². The summed E-state index contributed by atoms with van der Waals surface area (Å²) in [6.45, 7) is 4.75. The summed E-state index contributed by atoms with van der Waals surface area (Å²) in [5.41, 5.74) is 14.1. The van der Waals surface area contributed by atoms with Crippen molar-refractivity contribution in [2.75, 3.05) is 52.5 Å². The Bertz CT molecular complexity index is 2880. The molecule has 2 amide bonds. The molecule has 0 spiro atoms. The maximum absolute atomic E-state index is 13.3. The van der Waals surface area contributed by atoms with Gasteiger partial charge in [0, 0.05) is 85.7 Å². The molecule has 0 bridgehead atoms. The molecule has 8 rings (SSSR count). The Morgan fingerprint density at radius 1 is 0.487 bits per heavy atom. The van der Waals surface area contributed by atoms with Gasteiger partial charge in [-0.1, -0.05) is 10.3 Å². The summed E-state index contributed by atoms with van der Waals surface area (Å²) in [5.74, 6) is 2.99. The van der Waals surface area contributed by atoms with E-state index < -0.39 is 0 Å². The second-order valence-electron chi connectivity index (χ2n) is 17.7. The summed E-state index contributed by atoms with van der Waals surface area (Å²) in [6, 6.07) is 40.7. The van der Waals surface area contributed by atoms with Crippen molar-refractivity contribution in [2.24, 2.45) is 21.8 Å².